The van der Waals surface area contributed by atoms with Gasteiger partial charge < -0.3 is 0 Å². The van der Waals surface area contributed by atoms with Gasteiger partial charge in [0, 0.05) is 160 Å². The van der Waals surface area contributed by atoms with Gasteiger partial charge in [0.1, 0.15) is 0 Å². The Morgan fingerprint density at radius 1 is 0.189 bits per heavy atom. The maximum Gasteiger partial charge on any atom is 0.417 e. The van der Waals surface area contributed by atoms with E-state index in [9.17, 15) is 110 Å². The number of nitrogens with zero attached hydrogens (tertiary/aromatic N) is 6. The minimum atomic E-state index is -5.24. The maximum atomic E-state index is 15.0. The van der Waals surface area contributed by atoms with Crippen molar-refractivity contribution in [2.24, 2.45) is 0 Å². The zero-order valence-electron chi connectivity index (χ0n) is 65.6. The summed E-state index contributed by atoms with van der Waals surface area (Å²) in [6, 6.07) is 21.2. The fourth-order valence-electron chi connectivity index (χ4n) is 20.3. The van der Waals surface area contributed by atoms with E-state index in [0.29, 0.717) is 66.3 Å². The molecule has 0 N–H and O–H groups in total. The van der Waals surface area contributed by atoms with Crippen molar-refractivity contribution in [1.29, 1.82) is 0 Å². The summed E-state index contributed by atoms with van der Waals surface area (Å²) in [5, 5.41) is 1.90. The zero-order valence-corrected chi connectivity index (χ0v) is 65.6. The lowest BCUT2D eigenvalue weighted by Crippen LogP contribution is -2.40. The van der Waals surface area contributed by atoms with Crippen LogP contribution in [0.25, 0.3) is 129 Å². The van der Waals surface area contributed by atoms with E-state index in [1.807, 2.05) is 0 Å². The van der Waals surface area contributed by atoms with E-state index in [-0.39, 0.29) is 181 Å². The molecule has 18 nitrogen and oxygen atoms in total. The van der Waals surface area contributed by atoms with Gasteiger partial charge in [-0.25, -0.2) is 0 Å². The molecule has 0 fully saturated rings. The Labute approximate surface area is 678 Å². The summed E-state index contributed by atoms with van der Waals surface area (Å²) in [5.74, 6) is -8.18. The van der Waals surface area contributed by atoms with Crippen molar-refractivity contribution in [3.63, 3.8) is 0 Å². The van der Waals surface area contributed by atoms with Crippen molar-refractivity contribution in [3.8, 4) is 0 Å². The minimum Gasteiger partial charge on any atom is -0.275 e. The van der Waals surface area contributed by atoms with Crippen molar-refractivity contribution in [2.75, 3.05) is 39.3 Å². The summed E-state index contributed by atoms with van der Waals surface area (Å²) in [7, 11) is 0. The van der Waals surface area contributed by atoms with Crippen LogP contribution in [0.15, 0.2) is 97.1 Å². The first kappa shape index (κ1) is 78.1. The lowest BCUT2D eigenvalue weighted by molar-refractivity contribution is -0.138. The smallest absolute Gasteiger partial charge is 0.275 e. The Morgan fingerprint density at radius 3 is 0.623 bits per heavy atom. The molecular weight excluding hydrogens is 1610 g/mol. The topological polar surface area (TPSA) is 224 Å². The van der Waals surface area contributed by atoms with Crippen molar-refractivity contribution in [3.05, 3.63) is 208 Å². The number of carbonyl (C=O) groups excluding carboxylic acids is 12. The Balaban J connectivity index is 0.000000121. The van der Waals surface area contributed by atoms with Gasteiger partial charge in [-0.2, -0.15) is 52.7 Å². The van der Waals surface area contributed by atoms with E-state index in [0.717, 1.165) is 41.5 Å². The lowest BCUT2D eigenvalue weighted by atomic mass is 9.77. The highest BCUT2D eigenvalue weighted by atomic mass is 19.4. The molecule has 0 aliphatic carbocycles. The highest BCUT2D eigenvalue weighted by Crippen LogP contribution is 2.58. The molecule has 0 unspecified atom stereocenters. The summed E-state index contributed by atoms with van der Waals surface area (Å²) < 4.78 is 178. The quantitative estimate of drug-likeness (QED) is 0.0656. The molecule has 15 aromatic rings. The molecule has 15 aromatic carbocycles. The van der Waals surface area contributed by atoms with Crippen molar-refractivity contribution < 1.29 is 110 Å². The third-order valence-corrected chi connectivity index (χ3v) is 25.1. The van der Waals surface area contributed by atoms with Crippen molar-refractivity contribution in [2.45, 2.75) is 93.9 Å². The molecule has 0 saturated carbocycles. The average Bonchev–Trinajstić information content (AvgIpc) is 0.702. The van der Waals surface area contributed by atoms with Crippen molar-refractivity contribution >= 4 is 200 Å². The van der Waals surface area contributed by atoms with E-state index in [1.54, 1.807) is 77.9 Å². The SMILES string of the molecule is CCN1C(=O)c2cc(C)c3c4c(C)cc5c6c(cc(C(F)(F)F)c(c7c(C(F)(F)F)cc(c2c37)C1=O)c64)C(=O)N(CC)C5=O.CCN1C(=O)c2ccc3c4c(C(F)(F)F)cc5c6c(ccc(c7c(C)cc(c2c37)C1=O)c64)C(=O)N(CC)C5=O.CCN1C(=O)c2ccc3c4c(C)cc5c6c(cc(C(F)(F)F)c(c7ccc(c2c37)C1=O)c64)C(=O)N(CC)C5=O. The number of rotatable bonds is 6. The first-order valence-corrected chi connectivity index (χ1v) is 38.8. The molecule has 612 valence electrons. The van der Waals surface area contributed by atoms with Crippen LogP contribution >= 0.6 is 0 Å². The number of imide groups is 6. The molecule has 0 radical (unpaired) electrons. The third-order valence-electron chi connectivity index (χ3n) is 25.1. The number of carbonyl (C=O) groups is 12. The standard InChI is InChI=1S/C32H20F6N2O4.2C30H19F3N2O4/c1-5-39-27(41)13-7-11(3)19-20-12(4)8-14-22-16(30(44)40(6-2)28(14)42)10-18(32(36,37)38)24(26(20)22)23-17(31(33,34)35)9-15(29(39)43)21(13)25(19)23;1-4-34-26(36)15-9-7-14-23-19(30(31,32)33)11-18-22-16(27(37)35(5-2)29(18)39)8-6-13(25(22)23)20-12(3)10-17(28(34)38)21(15)24(14)20;1-4-34-26(36)15-8-6-13-20-12(3)10-17-23-18(29(39)35(5-2)28(17)38)11-19(30(31,32)33)24(25(20)23)14-7-9-16(27(34)37)22(15)21(13)14/h7-10H,5-6H2,1-4H3;2*6-11H,4-5H2,1-3H3. The number of aryl methyl sites for hydroxylation is 4. The van der Waals surface area contributed by atoms with Gasteiger partial charge in [0.15, 0.2) is 0 Å². The van der Waals surface area contributed by atoms with Crippen LogP contribution in [0.3, 0.4) is 0 Å². The number of benzene rings is 15. The van der Waals surface area contributed by atoms with Gasteiger partial charge in [-0.05, 0) is 240 Å². The summed E-state index contributed by atoms with van der Waals surface area (Å²) >= 11 is 0. The fraction of sp³-hybridized carbons (Fsp3) is 0.217. The average molecular weight is 1670 g/mol. The fourth-order valence-corrected chi connectivity index (χ4v) is 20.3. The van der Waals surface area contributed by atoms with E-state index in [4.69, 9.17) is 0 Å². The first-order chi connectivity index (χ1) is 57.5. The van der Waals surface area contributed by atoms with E-state index < -0.39 is 140 Å². The van der Waals surface area contributed by atoms with Crippen molar-refractivity contribution in [1.82, 2.24) is 29.4 Å². The molecule has 0 bridgehead atoms. The van der Waals surface area contributed by atoms with Crippen LogP contribution in [-0.2, 0) is 24.7 Å². The van der Waals surface area contributed by atoms with Crippen LogP contribution in [0.1, 0.15) is 210 Å². The Kier molecular flexibility index (Phi) is 16.3. The molecule has 6 aliphatic rings. The van der Waals surface area contributed by atoms with Gasteiger partial charge in [0.2, 0.25) is 0 Å². The molecule has 12 amide bonds. The molecule has 6 heterocycles. The van der Waals surface area contributed by atoms with Crippen LogP contribution in [0, 0.1) is 27.7 Å². The zero-order chi connectivity index (χ0) is 87.4. The van der Waals surface area contributed by atoms with Gasteiger partial charge in [-0.1, -0.05) is 24.3 Å². The van der Waals surface area contributed by atoms with Crippen LogP contribution < -0.4 is 0 Å². The molecule has 30 heteroatoms. The largest absolute Gasteiger partial charge is 0.417 e. The third kappa shape index (κ3) is 9.81. The predicted octanol–water partition coefficient (Wildman–Crippen LogP) is 20.2. The maximum absolute atomic E-state index is 15.0. The number of hydrogen-bond donors (Lipinski definition) is 0. The first-order valence-electron chi connectivity index (χ1n) is 38.8. The second-order valence-corrected chi connectivity index (χ2v) is 31.1. The Bertz CT molecular complexity index is 7530. The normalized spacial score (nSPS) is 15.8. The van der Waals surface area contributed by atoms with Gasteiger partial charge in [-0.3, -0.25) is 86.9 Å². The summed E-state index contributed by atoms with van der Waals surface area (Å²) in [6.07, 6.45) is -20.1. The van der Waals surface area contributed by atoms with Gasteiger partial charge >= 0.3 is 24.7 Å². The molecule has 122 heavy (non-hydrogen) atoms. The molecule has 0 atom stereocenters. The Morgan fingerprint density at radius 2 is 0.361 bits per heavy atom. The van der Waals surface area contributed by atoms with Crippen LogP contribution in [0.5, 0.6) is 0 Å². The van der Waals surface area contributed by atoms with Crippen LogP contribution in [-0.4, -0.2) is 140 Å². The van der Waals surface area contributed by atoms with E-state index in [1.165, 1.54) is 64.1 Å². The van der Waals surface area contributed by atoms with E-state index in [2.05, 4.69) is 0 Å². The minimum absolute atomic E-state index is 0.0209. The summed E-state index contributed by atoms with van der Waals surface area (Å²) in [6.45, 7) is 16.1. The lowest BCUT2D eigenvalue weighted by Gasteiger charge is -2.32. The Hall–Kier alpha value is -13.8. The molecule has 0 saturated heterocycles. The highest BCUT2D eigenvalue weighted by Gasteiger charge is 2.49. The summed E-state index contributed by atoms with van der Waals surface area (Å²) in [4.78, 5) is 166. The molecular formula is C92H58F12N6O12. The number of amides is 12. The van der Waals surface area contributed by atoms with Gasteiger partial charge in [-0.15, -0.1) is 0 Å². The van der Waals surface area contributed by atoms with E-state index >= 15 is 0 Å². The van der Waals surface area contributed by atoms with Gasteiger partial charge in [0.05, 0.1) is 22.3 Å². The second kappa shape index (κ2) is 25.4. The summed E-state index contributed by atoms with van der Waals surface area (Å²) in [5.41, 5.74) is -3.33. The van der Waals surface area contributed by atoms with Crippen LogP contribution in [0.4, 0.5) is 52.7 Å². The second-order valence-electron chi connectivity index (χ2n) is 31.1. The molecule has 6 aliphatic heterocycles. The number of fused-ring (bicyclic) bond motifs is 6. The highest BCUT2D eigenvalue weighted by molar-refractivity contribution is 6.47. The number of hydrogen-bond acceptors (Lipinski definition) is 12. The number of alkyl halides is 12. The molecule has 21 rings (SSSR count). The monoisotopic (exact) mass is 1670 g/mol. The van der Waals surface area contributed by atoms with Crippen LogP contribution in [0.2, 0.25) is 0 Å². The predicted molar refractivity (Wildman–Crippen MR) is 428 cm³/mol. The molecule has 0 aromatic heterocycles. The van der Waals surface area contributed by atoms with Gasteiger partial charge in [0.25, 0.3) is 70.9 Å². The molecule has 0 spiro atoms. The number of halogens is 12.